The molecule has 0 rings (SSSR count). The van der Waals surface area contributed by atoms with E-state index in [-0.39, 0.29) is 0 Å². The predicted octanol–water partition coefficient (Wildman–Crippen LogP) is 6.56. The molecule has 8 heteroatoms. The Morgan fingerprint density at radius 2 is 0.778 bits per heavy atom. The molecule has 0 atom stereocenters. The minimum absolute atomic E-state index is 0.831. The zero-order valence-corrected chi connectivity index (χ0v) is 23.9. The van der Waals surface area contributed by atoms with Crippen LogP contribution in [0.2, 0.25) is 65.0 Å². The van der Waals surface area contributed by atoms with Gasteiger partial charge < -0.3 is 18.1 Å². The molecule has 0 amide bonds. The van der Waals surface area contributed by atoms with Crippen LogP contribution in [0.4, 0.5) is 0 Å². The molecule has 0 bridgehead atoms. The largest absolute Gasteiger partial charge is 0.469 e. The number of nitrogens with two attached hydrogens (primary N) is 1. The van der Waals surface area contributed by atoms with E-state index in [0.29, 0.717) is 0 Å². The van der Waals surface area contributed by atoms with Crippen molar-refractivity contribution in [2.24, 2.45) is 5.73 Å². The van der Waals surface area contributed by atoms with Gasteiger partial charge in [0.1, 0.15) is 0 Å². The van der Waals surface area contributed by atoms with Crippen molar-refractivity contribution in [1.29, 1.82) is 0 Å². The first-order valence-electron chi connectivity index (χ1n) is 11.0. The molecule has 0 fully saturated rings. The summed E-state index contributed by atoms with van der Waals surface area (Å²) in [7, 11) is -7.84. The van der Waals surface area contributed by atoms with E-state index >= 15 is 0 Å². The minimum Gasteiger partial charge on any atom is -0.417 e. The van der Waals surface area contributed by atoms with Gasteiger partial charge in [-0.15, -0.1) is 0 Å². The lowest BCUT2D eigenvalue weighted by molar-refractivity contribution is 0.250. The summed E-state index contributed by atoms with van der Waals surface area (Å²) in [6.07, 6.45) is 10.2. The quantitative estimate of drug-likeness (QED) is 0.213. The molecule has 0 aliphatic rings. The van der Waals surface area contributed by atoms with Gasteiger partial charge in [0.05, 0.1) is 0 Å². The van der Waals surface area contributed by atoms with Gasteiger partial charge >= 0.3 is 8.80 Å². The van der Waals surface area contributed by atoms with Gasteiger partial charge in [-0.1, -0.05) is 38.5 Å². The standard InChI is InChI=1S/C19H49NO3Si4/c1-24(2,3)21-27(22-25(4,5)6,23-26(7,8)9)19-17-15-13-11-10-12-14-16-18-20/h10-20H2,1-9H3. The van der Waals surface area contributed by atoms with Crippen molar-refractivity contribution >= 4 is 33.8 Å². The topological polar surface area (TPSA) is 53.7 Å². The zero-order chi connectivity index (χ0) is 21.2. The maximum atomic E-state index is 6.74. The highest BCUT2D eigenvalue weighted by Gasteiger charge is 2.49. The van der Waals surface area contributed by atoms with Gasteiger partial charge in [-0.25, -0.2) is 0 Å². The van der Waals surface area contributed by atoms with Crippen LogP contribution in [0.5, 0.6) is 0 Å². The summed E-state index contributed by atoms with van der Waals surface area (Å²) >= 11 is 0. The Kier molecular flexibility index (Phi) is 12.7. The Hall–Kier alpha value is 0.708. The van der Waals surface area contributed by atoms with Crippen LogP contribution in [0.25, 0.3) is 0 Å². The number of rotatable bonds is 16. The van der Waals surface area contributed by atoms with Crippen molar-refractivity contribution in [2.75, 3.05) is 6.54 Å². The molecule has 0 saturated heterocycles. The Morgan fingerprint density at radius 1 is 0.481 bits per heavy atom. The van der Waals surface area contributed by atoms with E-state index in [0.717, 1.165) is 19.0 Å². The smallest absolute Gasteiger partial charge is 0.417 e. The summed E-state index contributed by atoms with van der Waals surface area (Å²) in [5.74, 6) is 0. The molecular weight excluding hydrogens is 403 g/mol. The Morgan fingerprint density at radius 3 is 1.07 bits per heavy atom. The third kappa shape index (κ3) is 17.3. The van der Waals surface area contributed by atoms with Crippen molar-refractivity contribution in [3.8, 4) is 0 Å². The van der Waals surface area contributed by atoms with E-state index in [1.807, 2.05) is 0 Å². The van der Waals surface area contributed by atoms with Crippen LogP contribution in [-0.4, -0.2) is 40.3 Å². The molecule has 0 spiro atoms. The van der Waals surface area contributed by atoms with Crippen molar-refractivity contribution in [3.05, 3.63) is 0 Å². The molecule has 0 aromatic rings. The second-order valence-electron chi connectivity index (χ2n) is 10.7. The van der Waals surface area contributed by atoms with Crippen molar-refractivity contribution in [1.82, 2.24) is 0 Å². The van der Waals surface area contributed by atoms with Crippen LogP contribution in [0.3, 0.4) is 0 Å². The molecule has 27 heavy (non-hydrogen) atoms. The van der Waals surface area contributed by atoms with Gasteiger partial charge in [0.15, 0.2) is 25.0 Å². The van der Waals surface area contributed by atoms with Gasteiger partial charge in [-0.2, -0.15) is 0 Å². The molecule has 0 aromatic carbocycles. The van der Waals surface area contributed by atoms with E-state index in [9.17, 15) is 0 Å². The van der Waals surface area contributed by atoms with Gasteiger partial charge in [-0.3, -0.25) is 0 Å². The first-order chi connectivity index (χ1) is 12.2. The van der Waals surface area contributed by atoms with E-state index in [1.165, 1.54) is 44.9 Å². The predicted molar refractivity (Wildman–Crippen MR) is 130 cm³/mol. The second-order valence-corrected chi connectivity index (χ2v) is 27.7. The highest BCUT2D eigenvalue weighted by Crippen LogP contribution is 2.30. The maximum absolute atomic E-state index is 6.74. The Bertz CT molecular complexity index is 349. The monoisotopic (exact) mass is 451 g/mol. The zero-order valence-electron chi connectivity index (χ0n) is 19.9. The molecule has 0 aromatic heterocycles. The van der Waals surface area contributed by atoms with Crippen molar-refractivity contribution < 1.29 is 12.3 Å². The molecule has 0 radical (unpaired) electrons. The molecule has 0 aliphatic heterocycles. The molecular formula is C19H49NO3Si4. The summed E-state index contributed by atoms with van der Waals surface area (Å²) in [6, 6.07) is 0.985. The van der Waals surface area contributed by atoms with Crippen molar-refractivity contribution in [3.63, 3.8) is 0 Å². The van der Waals surface area contributed by atoms with Crippen LogP contribution in [0, 0.1) is 0 Å². The third-order valence-electron chi connectivity index (χ3n) is 3.82. The van der Waals surface area contributed by atoms with E-state index in [1.54, 1.807) is 0 Å². The van der Waals surface area contributed by atoms with E-state index in [4.69, 9.17) is 18.1 Å². The Balaban J connectivity index is 4.77. The minimum atomic E-state index is -2.62. The molecule has 0 unspecified atom stereocenters. The van der Waals surface area contributed by atoms with Crippen LogP contribution < -0.4 is 5.73 Å². The highest BCUT2D eigenvalue weighted by molar-refractivity contribution is 6.90. The summed E-state index contributed by atoms with van der Waals surface area (Å²) in [5.41, 5.74) is 5.56. The first-order valence-corrected chi connectivity index (χ1v) is 23.1. The van der Waals surface area contributed by atoms with Gasteiger partial charge in [0.25, 0.3) is 0 Å². The number of unbranched alkanes of at least 4 members (excludes halogenated alkanes) is 7. The fourth-order valence-electron chi connectivity index (χ4n) is 3.16. The number of hydrogen-bond acceptors (Lipinski definition) is 4. The fraction of sp³-hybridized carbons (Fsp3) is 1.00. The molecule has 0 heterocycles. The van der Waals surface area contributed by atoms with Gasteiger partial charge in [0, 0.05) is 6.04 Å². The lowest BCUT2D eigenvalue weighted by atomic mass is 10.1. The summed E-state index contributed by atoms with van der Waals surface area (Å²) in [4.78, 5) is 0. The average Bonchev–Trinajstić information content (AvgIpc) is 2.39. The molecule has 0 saturated carbocycles. The third-order valence-corrected chi connectivity index (χ3v) is 15.9. The lowest BCUT2D eigenvalue weighted by Crippen LogP contribution is -2.60. The van der Waals surface area contributed by atoms with Gasteiger partial charge in [-0.05, 0) is 78.3 Å². The van der Waals surface area contributed by atoms with Crippen LogP contribution in [-0.2, 0) is 12.3 Å². The summed E-state index contributed by atoms with van der Waals surface area (Å²) in [6.45, 7) is 21.2. The SMILES string of the molecule is C[Si](C)(C)O[Si](CCCCCCCCCCN)(O[Si](C)(C)C)O[Si](C)(C)C. The normalized spacial score (nSPS) is 14.0. The van der Waals surface area contributed by atoms with Crippen LogP contribution in [0.1, 0.15) is 51.4 Å². The van der Waals surface area contributed by atoms with Crippen LogP contribution in [0.15, 0.2) is 0 Å². The Labute approximate surface area is 174 Å². The average molecular weight is 452 g/mol. The lowest BCUT2D eigenvalue weighted by Gasteiger charge is -2.43. The van der Waals surface area contributed by atoms with Gasteiger partial charge in [0.2, 0.25) is 0 Å². The first kappa shape index (κ1) is 27.7. The van der Waals surface area contributed by atoms with Crippen molar-refractivity contribution in [2.45, 2.75) is 116 Å². The fourth-order valence-corrected chi connectivity index (χ4v) is 17.9. The van der Waals surface area contributed by atoms with E-state index < -0.39 is 33.8 Å². The van der Waals surface area contributed by atoms with E-state index in [2.05, 4.69) is 58.9 Å². The number of hydrogen-bond donors (Lipinski definition) is 1. The molecule has 0 aliphatic carbocycles. The second kappa shape index (κ2) is 12.4. The molecule has 4 nitrogen and oxygen atoms in total. The molecule has 164 valence electrons. The molecule has 2 N–H and O–H groups in total. The summed E-state index contributed by atoms with van der Waals surface area (Å²) < 4.78 is 20.2. The summed E-state index contributed by atoms with van der Waals surface area (Å²) in [5, 5.41) is 0. The maximum Gasteiger partial charge on any atom is 0.469 e. The highest BCUT2D eigenvalue weighted by atomic mass is 28.5. The van der Waals surface area contributed by atoms with Crippen LogP contribution >= 0.6 is 0 Å².